The molecule has 0 saturated carbocycles. The van der Waals surface area contributed by atoms with E-state index < -0.39 is 5.60 Å². The third-order valence-corrected chi connectivity index (χ3v) is 4.79. The summed E-state index contributed by atoms with van der Waals surface area (Å²) in [6, 6.07) is 0.520. The van der Waals surface area contributed by atoms with Crippen LogP contribution in [0.2, 0.25) is 0 Å². The van der Waals surface area contributed by atoms with E-state index in [1.165, 1.54) is 0 Å². The molecule has 18 heavy (non-hydrogen) atoms. The quantitative estimate of drug-likeness (QED) is 0.733. The first-order valence-electron chi connectivity index (χ1n) is 6.71. The Kier molecular flexibility index (Phi) is 4.11. The summed E-state index contributed by atoms with van der Waals surface area (Å²) in [4.78, 5) is 14.1. The lowest BCUT2D eigenvalue weighted by molar-refractivity contribution is -0.00177. The number of ether oxygens (including phenoxy) is 1. The largest absolute Gasteiger partial charge is 0.444 e. The highest BCUT2D eigenvalue weighted by Crippen LogP contribution is 2.34. The first-order valence-corrected chi connectivity index (χ1v) is 7.87. The number of carbonyl (C=O) groups excluding carboxylic acids is 1. The summed E-state index contributed by atoms with van der Waals surface area (Å²) in [7, 11) is 0. The van der Waals surface area contributed by atoms with Crippen LogP contribution in [-0.2, 0) is 4.74 Å². The van der Waals surface area contributed by atoms with E-state index in [0.29, 0.717) is 5.92 Å². The van der Waals surface area contributed by atoms with Gasteiger partial charge in [0.2, 0.25) is 0 Å². The summed E-state index contributed by atoms with van der Waals surface area (Å²) in [6.07, 6.45) is 1.76. The Morgan fingerprint density at radius 2 is 2.11 bits per heavy atom. The summed E-state index contributed by atoms with van der Waals surface area (Å²) in [6.45, 7) is 6.47. The molecule has 0 radical (unpaired) electrons. The zero-order valence-corrected chi connectivity index (χ0v) is 12.3. The molecule has 0 aromatic carbocycles. The van der Waals surface area contributed by atoms with E-state index >= 15 is 0 Å². The van der Waals surface area contributed by atoms with Gasteiger partial charge in [0, 0.05) is 24.5 Å². The van der Waals surface area contributed by atoms with Crippen molar-refractivity contribution >= 4 is 17.9 Å². The van der Waals surface area contributed by atoms with Crippen LogP contribution in [0.15, 0.2) is 0 Å². The van der Waals surface area contributed by atoms with Crippen molar-refractivity contribution in [3.8, 4) is 0 Å². The van der Waals surface area contributed by atoms with Crippen molar-refractivity contribution in [1.29, 1.82) is 0 Å². The van der Waals surface area contributed by atoms with Gasteiger partial charge in [-0.3, -0.25) is 0 Å². The first kappa shape index (κ1) is 14.0. The molecular weight excluding hydrogens is 248 g/mol. The molecule has 0 bridgehead atoms. The van der Waals surface area contributed by atoms with Crippen LogP contribution in [0.3, 0.4) is 0 Å². The Bertz CT molecular complexity index is 317. The van der Waals surface area contributed by atoms with Gasteiger partial charge in [0.1, 0.15) is 5.60 Å². The van der Waals surface area contributed by atoms with E-state index in [1.54, 1.807) is 0 Å². The van der Waals surface area contributed by atoms with E-state index in [1.807, 2.05) is 37.4 Å². The van der Waals surface area contributed by atoms with Gasteiger partial charge in [-0.15, -0.1) is 0 Å². The van der Waals surface area contributed by atoms with Crippen molar-refractivity contribution in [2.24, 2.45) is 11.7 Å². The van der Waals surface area contributed by atoms with Crippen molar-refractivity contribution < 1.29 is 9.53 Å². The number of thioether (sulfide) groups is 1. The first-order chi connectivity index (χ1) is 8.38. The third kappa shape index (κ3) is 3.12. The average Bonchev–Trinajstić information content (AvgIpc) is 2.27. The molecule has 2 heterocycles. The molecule has 0 aromatic rings. The highest BCUT2D eigenvalue weighted by Gasteiger charge is 2.41. The Morgan fingerprint density at radius 3 is 2.78 bits per heavy atom. The predicted molar refractivity (Wildman–Crippen MR) is 74.8 cm³/mol. The lowest BCUT2D eigenvalue weighted by Gasteiger charge is -2.46. The Balaban J connectivity index is 2.05. The summed E-state index contributed by atoms with van der Waals surface area (Å²) in [5.41, 5.74) is 5.77. The number of fused-ring (bicyclic) bond motifs is 1. The standard InChI is InChI=1S/C13H24N2O2S/c1-13(2,3)17-12(16)15-6-4-10(14)9-8-18-7-5-11(9)15/h9-11H,4-8,14H2,1-3H3. The third-order valence-electron chi connectivity index (χ3n) is 3.64. The molecule has 0 aliphatic carbocycles. The average molecular weight is 272 g/mol. The Hall–Kier alpha value is -0.420. The highest BCUT2D eigenvalue weighted by atomic mass is 32.2. The maximum Gasteiger partial charge on any atom is 0.410 e. The molecule has 0 spiro atoms. The Morgan fingerprint density at radius 1 is 1.39 bits per heavy atom. The fourth-order valence-corrected chi connectivity index (χ4v) is 4.08. The number of hydrogen-bond acceptors (Lipinski definition) is 4. The molecule has 2 fully saturated rings. The van der Waals surface area contributed by atoms with E-state index in [9.17, 15) is 4.79 Å². The normalized spacial score (nSPS) is 32.9. The van der Waals surface area contributed by atoms with E-state index in [4.69, 9.17) is 10.5 Å². The molecule has 3 unspecified atom stereocenters. The lowest BCUT2D eigenvalue weighted by atomic mass is 9.85. The number of hydrogen-bond donors (Lipinski definition) is 1. The van der Waals surface area contributed by atoms with Crippen LogP contribution in [0, 0.1) is 5.92 Å². The molecule has 2 N–H and O–H groups in total. The van der Waals surface area contributed by atoms with Crippen LogP contribution in [0.1, 0.15) is 33.6 Å². The highest BCUT2D eigenvalue weighted by molar-refractivity contribution is 7.99. The number of nitrogens with zero attached hydrogens (tertiary/aromatic N) is 1. The van der Waals surface area contributed by atoms with Crippen LogP contribution < -0.4 is 5.73 Å². The van der Waals surface area contributed by atoms with Gasteiger partial charge in [0.05, 0.1) is 0 Å². The molecule has 0 aromatic heterocycles. The molecule has 2 aliphatic heterocycles. The summed E-state index contributed by atoms with van der Waals surface area (Å²) >= 11 is 1.95. The second-order valence-electron chi connectivity index (χ2n) is 6.22. The molecule has 4 nitrogen and oxygen atoms in total. The molecule has 104 valence electrons. The van der Waals surface area contributed by atoms with Crippen LogP contribution in [0.5, 0.6) is 0 Å². The predicted octanol–water partition coefficient (Wildman–Crippen LogP) is 2.08. The van der Waals surface area contributed by atoms with Gasteiger partial charge < -0.3 is 15.4 Å². The number of amides is 1. The van der Waals surface area contributed by atoms with E-state index in [0.717, 1.165) is 30.9 Å². The van der Waals surface area contributed by atoms with Gasteiger partial charge in [-0.25, -0.2) is 4.79 Å². The fraction of sp³-hybridized carbons (Fsp3) is 0.923. The SMILES string of the molecule is CC(C)(C)OC(=O)N1CCC(N)C2CSCCC21. The number of likely N-dealkylation sites (tertiary alicyclic amines) is 1. The molecule has 2 saturated heterocycles. The van der Waals surface area contributed by atoms with Crippen molar-refractivity contribution in [3.05, 3.63) is 0 Å². The van der Waals surface area contributed by atoms with Crippen LogP contribution in [0.25, 0.3) is 0 Å². The molecular formula is C13H24N2O2S. The van der Waals surface area contributed by atoms with Crippen molar-refractivity contribution in [3.63, 3.8) is 0 Å². The van der Waals surface area contributed by atoms with Crippen molar-refractivity contribution in [1.82, 2.24) is 4.90 Å². The van der Waals surface area contributed by atoms with Gasteiger partial charge >= 0.3 is 6.09 Å². The smallest absolute Gasteiger partial charge is 0.410 e. The molecule has 3 atom stereocenters. The van der Waals surface area contributed by atoms with Gasteiger partial charge in [-0.2, -0.15) is 11.8 Å². The lowest BCUT2D eigenvalue weighted by Crippen LogP contribution is -2.58. The summed E-state index contributed by atoms with van der Waals surface area (Å²) in [5, 5.41) is 0. The molecule has 5 heteroatoms. The Labute approximate surface area is 114 Å². The van der Waals surface area contributed by atoms with Gasteiger partial charge in [0.15, 0.2) is 0 Å². The van der Waals surface area contributed by atoms with Gasteiger partial charge in [0.25, 0.3) is 0 Å². The minimum atomic E-state index is -0.421. The minimum Gasteiger partial charge on any atom is -0.444 e. The molecule has 1 amide bonds. The number of piperidine rings is 1. The summed E-state index contributed by atoms with van der Waals surface area (Å²) < 4.78 is 5.50. The fourth-order valence-electron chi connectivity index (χ4n) is 2.76. The van der Waals surface area contributed by atoms with Crippen LogP contribution >= 0.6 is 11.8 Å². The summed E-state index contributed by atoms with van der Waals surface area (Å²) in [5.74, 6) is 2.63. The minimum absolute atomic E-state index is 0.170. The van der Waals surface area contributed by atoms with Crippen molar-refractivity contribution in [2.75, 3.05) is 18.1 Å². The number of carbonyl (C=O) groups is 1. The molecule has 2 aliphatic rings. The monoisotopic (exact) mass is 272 g/mol. The maximum atomic E-state index is 12.2. The maximum absolute atomic E-state index is 12.2. The second-order valence-corrected chi connectivity index (χ2v) is 7.37. The van der Waals surface area contributed by atoms with Gasteiger partial charge in [-0.05, 0) is 45.1 Å². The second kappa shape index (κ2) is 5.29. The number of nitrogens with two attached hydrogens (primary N) is 1. The van der Waals surface area contributed by atoms with E-state index in [-0.39, 0.29) is 18.2 Å². The van der Waals surface area contributed by atoms with Crippen molar-refractivity contribution in [2.45, 2.75) is 51.3 Å². The van der Waals surface area contributed by atoms with E-state index in [2.05, 4.69) is 0 Å². The zero-order valence-electron chi connectivity index (χ0n) is 11.5. The topological polar surface area (TPSA) is 55.6 Å². The number of rotatable bonds is 0. The van der Waals surface area contributed by atoms with Crippen LogP contribution in [0.4, 0.5) is 4.79 Å². The van der Waals surface area contributed by atoms with Gasteiger partial charge in [-0.1, -0.05) is 0 Å². The zero-order chi connectivity index (χ0) is 13.3. The van der Waals surface area contributed by atoms with Crippen LogP contribution in [-0.4, -0.2) is 46.7 Å². The molecule has 2 rings (SSSR count).